The Morgan fingerprint density at radius 2 is 1.67 bits per heavy atom. The third-order valence-corrected chi connectivity index (χ3v) is 3.88. The molecule has 2 N–H and O–H groups in total. The molecule has 2 saturated heterocycles. The summed E-state index contributed by atoms with van der Waals surface area (Å²) in [5.74, 6) is 0.113. The van der Waals surface area contributed by atoms with Gasteiger partial charge in [0, 0.05) is 19.1 Å². The standard InChI is InChI=1S/C12H23N3O.2ClH/c13-10-12(16)15-8-3-4-11(5-9-15)14-6-1-2-7-14;;/h11H,1-10,13H2;2*1H. The van der Waals surface area contributed by atoms with Crippen LogP contribution in [0.2, 0.25) is 0 Å². The van der Waals surface area contributed by atoms with E-state index in [1.165, 1.54) is 32.4 Å². The van der Waals surface area contributed by atoms with Crippen LogP contribution in [0.1, 0.15) is 32.1 Å². The van der Waals surface area contributed by atoms with Crippen molar-refractivity contribution in [3.63, 3.8) is 0 Å². The second-order valence-electron chi connectivity index (χ2n) is 4.91. The Balaban J connectivity index is 0.00000144. The number of rotatable bonds is 2. The van der Waals surface area contributed by atoms with Crippen molar-refractivity contribution >= 4 is 30.7 Å². The summed E-state index contributed by atoms with van der Waals surface area (Å²) in [5, 5.41) is 0. The van der Waals surface area contributed by atoms with E-state index in [9.17, 15) is 4.79 Å². The molecule has 18 heavy (non-hydrogen) atoms. The van der Waals surface area contributed by atoms with Crippen molar-refractivity contribution in [1.82, 2.24) is 9.80 Å². The Kier molecular flexibility index (Phi) is 8.95. The van der Waals surface area contributed by atoms with Gasteiger partial charge in [0.1, 0.15) is 0 Å². The summed E-state index contributed by atoms with van der Waals surface area (Å²) >= 11 is 0. The van der Waals surface area contributed by atoms with Crippen LogP contribution >= 0.6 is 24.8 Å². The maximum Gasteiger partial charge on any atom is 0.236 e. The number of hydrogen-bond donors (Lipinski definition) is 1. The molecule has 6 heteroatoms. The summed E-state index contributed by atoms with van der Waals surface area (Å²) in [6.45, 7) is 4.48. The lowest BCUT2D eigenvalue weighted by Crippen LogP contribution is -2.38. The largest absolute Gasteiger partial charge is 0.342 e. The summed E-state index contributed by atoms with van der Waals surface area (Å²) in [4.78, 5) is 16.1. The minimum absolute atomic E-state index is 0. The molecule has 2 heterocycles. The zero-order chi connectivity index (χ0) is 11.4. The van der Waals surface area contributed by atoms with Crippen LogP contribution < -0.4 is 5.73 Å². The van der Waals surface area contributed by atoms with E-state index in [4.69, 9.17) is 5.73 Å². The van der Waals surface area contributed by atoms with Crippen LogP contribution in [0.4, 0.5) is 0 Å². The zero-order valence-electron chi connectivity index (χ0n) is 10.8. The van der Waals surface area contributed by atoms with Crippen molar-refractivity contribution in [2.45, 2.75) is 38.1 Å². The van der Waals surface area contributed by atoms with E-state index in [1.54, 1.807) is 0 Å². The van der Waals surface area contributed by atoms with E-state index in [-0.39, 0.29) is 37.3 Å². The molecule has 0 bridgehead atoms. The fourth-order valence-corrected chi connectivity index (χ4v) is 2.93. The van der Waals surface area contributed by atoms with E-state index >= 15 is 0 Å². The van der Waals surface area contributed by atoms with Gasteiger partial charge in [0.2, 0.25) is 5.91 Å². The monoisotopic (exact) mass is 297 g/mol. The smallest absolute Gasteiger partial charge is 0.236 e. The van der Waals surface area contributed by atoms with Gasteiger partial charge in [-0.15, -0.1) is 24.8 Å². The van der Waals surface area contributed by atoms with Gasteiger partial charge in [0.15, 0.2) is 0 Å². The van der Waals surface area contributed by atoms with Crippen LogP contribution in [0.15, 0.2) is 0 Å². The molecule has 0 radical (unpaired) electrons. The van der Waals surface area contributed by atoms with Crippen LogP contribution in [0, 0.1) is 0 Å². The van der Waals surface area contributed by atoms with E-state index in [0.29, 0.717) is 6.04 Å². The number of carbonyl (C=O) groups is 1. The van der Waals surface area contributed by atoms with E-state index in [2.05, 4.69) is 4.90 Å². The Morgan fingerprint density at radius 3 is 2.28 bits per heavy atom. The van der Waals surface area contributed by atoms with Crippen molar-refractivity contribution in [2.24, 2.45) is 5.73 Å². The second-order valence-corrected chi connectivity index (χ2v) is 4.91. The van der Waals surface area contributed by atoms with Crippen LogP contribution in [0.5, 0.6) is 0 Å². The molecular formula is C12H25Cl2N3O. The maximum absolute atomic E-state index is 11.5. The number of halogens is 2. The van der Waals surface area contributed by atoms with Gasteiger partial charge in [0.05, 0.1) is 6.54 Å². The lowest BCUT2D eigenvalue weighted by atomic mass is 10.1. The lowest BCUT2D eigenvalue weighted by Gasteiger charge is -2.26. The topological polar surface area (TPSA) is 49.6 Å². The second kappa shape index (κ2) is 8.97. The molecular weight excluding hydrogens is 273 g/mol. The zero-order valence-corrected chi connectivity index (χ0v) is 12.5. The van der Waals surface area contributed by atoms with Crippen LogP contribution in [-0.4, -0.2) is 54.5 Å². The Hall–Kier alpha value is -0.0300. The summed E-state index contributed by atoms with van der Waals surface area (Å²) in [6.07, 6.45) is 6.21. The number of amides is 1. The predicted octanol–water partition coefficient (Wildman–Crippen LogP) is 1.27. The van der Waals surface area contributed by atoms with Gasteiger partial charge in [0.25, 0.3) is 0 Å². The average molecular weight is 298 g/mol. The van der Waals surface area contributed by atoms with Crippen molar-refractivity contribution < 1.29 is 4.79 Å². The van der Waals surface area contributed by atoms with Gasteiger partial charge in [-0.25, -0.2) is 0 Å². The van der Waals surface area contributed by atoms with Crippen LogP contribution in [0.3, 0.4) is 0 Å². The van der Waals surface area contributed by atoms with Crippen molar-refractivity contribution in [3.8, 4) is 0 Å². The van der Waals surface area contributed by atoms with Gasteiger partial charge < -0.3 is 15.5 Å². The molecule has 1 unspecified atom stereocenters. The minimum Gasteiger partial charge on any atom is -0.342 e. The first kappa shape index (κ1) is 18.0. The van der Waals surface area contributed by atoms with E-state index in [1.807, 2.05) is 4.90 Å². The molecule has 2 aliphatic heterocycles. The summed E-state index contributed by atoms with van der Waals surface area (Å²) in [6, 6.07) is 0.707. The highest BCUT2D eigenvalue weighted by atomic mass is 35.5. The molecule has 0 aliphatic carbocycles. The molecule has 0 aromatic rings. The third-order valence-electron chi connectivity index (χ3n) is 3.88. The summed E-state index contributed by atoms with van der Waals surface area (Å²) in [7, 11) is 0. The molecule has 2 aliphatic rings. The summed E-state index contributed by atoms with van der Waals surface area (Å²) in [5.41, 5.74) is 5.41. The van der Waals surface area contributed by atoms with E-state index in [0.717, 1.165) is 25.9 Å². The fourth-order valence-electron chi connectivity index (χ4n) is 2.93. The van der Waals surface area contributed by atoms with Crippen molar-refractivity contribution in [3.05, 3.63) is 0 Å². The van der Waals surface area contributed by atoms with Gasteiger partial charge in [-0.05, 0) is 45.2 Å². The normalized spacial score (nSPS) is 24.9. The quantitative estimate of drug-likeness (QED) is 0.835. The number of nitrogens with two attached hydrogens (primary N) is 1. The molecule has 108 valence electrons. The molecule has 4 nitrogen and oxygen atoms in total. The first-order valence-corrected chi connectivity index (χ1v) is 6.53. The van der Waals surface area contributed by atoms with Crippen molar-refractivity contribution in [2.75, 3.05) is 32.7 Å². The lowest BCUT2D eigenvalue weighted by molar-refractivity contribution is -0.129. The van der Waals surface area contributed by atoms with Crippen molar-refractivity contribution in [1.29, 1.82) is 0 Å². The van der Waals surface area contributed by atoms with Crippen LogP contribution in [0.25, 0.3) is 0 Å². The Labute approximate surface area is 122 Å². The molecule has 0 spiro atoms. The fraction of sp³-hybridized carbons (Fsp3) is 0.917. The number of likely N-dealkylation sites (tertiary alicyclic amines) is 2. The molecule has 2 rings (SSSR count). The SMILES string of the molecule is Cl.Cl.NCC(=O)N1CCCC(N2CCCC2)CC1. The van der Waals surface area contributed by atoms with Gasteiger partial charge >= 0.3 is 0 Å². The van der Waals surface area contributed by atoms with Gasteiger partial charge in [-0.3, -0.25) is 4.79 Å². The molecule has 0 aromatic heterocycles. The Bertz CT molecular complexity index is 247. The third kappa shape index (κ3) is 4.57. The molecule has 2 fully saturated rings. The van der Waals surface area contributed by atoms with Crippen LogP contribution in [-0.2, 0) is 4.79 Å². The maximum atomic E-state index is 11.5. The first-order valence-electron chi connectivity index (χ1n) is 6.53. The Morgan fingerprint density at radius 1 is 1.00 bits per heavy atom. The first-order chi connectivity index (χ1) is 7.81. The highest BCUT2D eigenvalue weighted by Gasteiger charge is 2.25. The minimum atomic E-state index is 0. The number of nitrogens with zero attached hydrogens (tertiary/aromatic N) is 2. The average Bonchev–Trinajstić information content (AvgIpc) is 2.73. The molecule has 0 aromatic carbocycles. The summed E-state index contributed by atoms with van der Waals surface area (Å²) < 4.78 is 0. The predicted molar refractivity (Wildman–Crippen MR) is 78.6 cm³/mol. The molecule has 0 saturated carbocycles. The molecule has 1 amide bonds. The highest BCUT2D eigenvalue weighted by Crippen LogP contribution is 2.21. The van der Waals surface area contributed by atoms with E-state index < -0.39 is 0 Å². The number of hydrogen-bond acceptors (Lipinski definition) is 3. The van der Waals surface area contributed by atoms with Gasteiger partial charge in [-0.2, -0.15) is 0 Å². The molecule has 1 atom stereocenters. The number of carbonyl (C=O) groups excluding carboxylic acids is 1. The van der Waals surface area contributed by atoms with Gasteiger partial charge in [-0.1, -0.05) is 0 Å². The highest BCUT2D eigenvalue weighted by molar-refractivity contribution is 5.85.